The number of hydrogen-bond donors (Lipinski definition) is 1. The Hall–Kier alpha value is -0.890. The van der Waals surface area contributed by atoms with Gasteiger partial charge in [-0.05, 0) is 31.7 Å². The van der Waals surface area contributed by atoms with Gasteiger partial charge in [-0.1, -0.05) is 48.5 Å². The van der Waals surface area contributed by atoms with Crippen LogP contribution in [0.1, 0.15) is 30.0 Å². The van der Waals surface area contributed by atoms with Crippen molar-refractivity contribution in [2.75, 3.05) is 0 Å². The molecule has 0 bridgehead atoms. The maximum absolute atomic E-state index is 5.54. The number of hydrogen-bond acceptors (Lipinski definition) is 1. The molecular formula is C13H19NS. The fraction of sp³-hybridized carbons (Fsp3) is 0.462. The molecule has 1 aromatic carbocycles. The minimum atomic E-state index is 0.531. The zero-order valence-corrected chi connectivity index (χ0v) is 10.5. The number of benzene rings is 1. The van der Waals surface area contributed by atoms with Crippen molar-refractivity contribution >= 4 is 17.2 Å². The molecule has 0 fully saturated rings. The Balaban J connectivity index is 2.67. The summed E-state index contributed by atoms with van der Waals surface area (Å²) < 4.78 is 0. The summed E-state index contributed by atoms with van der Waals surface area (Å²) in [6, 6.07) is 6.67. The largest absolute Gasteiger partial charge is 0.393 e. The van der Waals surface area contributed by atoms with Gasteiger partial charge in [0.25, 0.3) is 0 Å². The molecule has 0 saturated carbocycles. The van der Waals surface area contributed by atoms with Gasteiger partial charge in [-0.25, -0.2) is 0 Å². The van der Waals surface area contributed by atoms with Crippen LogP contribution in [0.15, 0.2) is 18.2 Å². The molecule has 15 heavy (non-hydrogen) atoms. The van der Waals surface area contributed by atoms with Crippen LogP contribution in [0.4, 0.5) is 0 Å². The van der Waals surface area contributed by atoms with Crippen molar-refractivity contribution in [2.24, 2.45) is 11.7 Å². The zero-order valence-electron chi connectivity index (χ0n) is 9.71. The van der Waals surface area contributed by atoms with Crippen LogP contribution < -0.4 is 5.73 Å². The molecule has 0 aliphatic carbocycles. The molecule has 0 aliphatic rings. The summed E-state index contributed by atoms with van der Waals surface area (Å²) in [5, 5.41) is 0. The maximum Gasteiger partial charge on any atom is 0.0730 e. The van der Waals surface area contributed by atoms with Crippen molar-refractivity contribution in [3.8, 4) is 0 Å². The van der Waals surface area contributed by atoms with Gasteiger partial charge in [0, 0.05) is 6.42 Å². The molecule has 0 aliphatic heterocycles. The first-order valence-electron chi connectivity index (χ1n) is 5.33. The predicted molar refractivity (Wildman–Crippen MR) is 70.2 cm³/mol. The van der Waals surface area contributed by atoms with E-state index in [1.807, 2.05) is 0 Å². The van der Waals surface area contributed by atoms with E-state index >= 15 is 0 Å². The van der Waals surface area contributed by atoms with Crippen molar-refractivity contribution < 1.29 is 0 Å². The summed E-state index contributed by atoms with van der Waals surface area (Å²) >= 11 is 4.92. The molecule has 1 atom stereocenters. The van der Waals surface area contributed by atoms with E-state index in [-0.39, 0.29) is 0 Å². The van der Waals surface area contributed by atoms with Crippen molar-refractivity contribution in [2.45, 2.75) is 33.6 Å². The average Bonchev–Trinajstić information content (AvgIpc) is 1.98. The lowest BCUT2D eigenvalue weighted by atomic mass is 9.96. The minimum absolute atomic E-state index is 0.531. The van der Waals surface area contributed by atoms with E-state index < -0.39 is 0 Å². The molecule has 0 saturated heterocycles. The second-order valence-electron chi connectivity index (χ2n) is 4.48. The molecule has 0 amide bonds. The molecule has 1 unspecified atom stereocenters. The van der Waals surface area contributed by atoms with Crippen LogP contribution in [-0.2, 0) is 6.42 Å². The molecule has 1 aromatic rings. The van der Waals surface area contributed by atoms with E-state index in [4.69, 9.17) is 18.0 Å². The van der Waals surface area contributed by atoms with Gasteiger partial charge in [-0.2, -0.15) is 0 Å². The summed E-state index contributed by atoms with van der Waals surface area (Å²) in [6.45, 7) is 6.46. The summed E-state index contributed by atoms with van der Waals surface area (Å²) in [4.78, 5) is 0.617. The topological polar surface area (TPSA) is 26.0 Å². The van der Waals surface area contributed by atoms with Crippen molar-refractivity contribution in [3.05, 3.63) is 34.9 Å². The standard InChI is InChI=1S/C13H19NS/c1-9-4-10(2)6-12(5-9)7-11(3)8-13(14)15/h4-6,11H,7-8H2,1-3H3,(H2,14,15). The molecule has 82 valence electrons. The van der Waals surface area contributed by atoms with E-state index in [1.165, 1.54) is 16.7 Å². The highest BCUT2D eigenvalue weighted by Crippen LogP contribution is 2.15. The molecule has 0 heterocycles. The lowest BCUT2D eigenvalue weighted by Crippen LogP contribution is -2.14. The zero-order chi connectivity index (χ0) is 11.4. The van der Waals surface area contributed by atoms with E-state index in [0.29, 0.717) is 10.9 Å². The quantitative estimate of drug-likeness (QED) is 0.790. The van der Waals surface area contributed by atoms with Gasteiger partial charge in [0.05, 0.1) is 4.99 Å². The normalized spacial score (nSPS) is 12.5. The van der Waals surface area contributed by atoms with E-state index in [2.05, 4.69) is 39.0 Å². The highest BCUT2D eigenvalue weighted by Gasteiger charge is 2.05. The van der Waals surface area contributed by atoms with Gasteiger partial charge in [-0.3, -0.25) is 0 Å². The number of aryl methyl sites for hydroxylation is 2. The lowest BCUT2D eigenvalue weighted by molar-refractivity contribution is 0.607. The van der Waals surface area contributed by atoms with Crippen molar-refractivity contribution in [1.29, 1.82) is 0 Å². The third-order valence-electron chi connectivity index (χ3n) is 2.42. The van der Waals surface area contributed by atoms with Crippen LogP contribution >= 0.6 is 12.2 Å². The molecular weight excluding hydrogens is 202 g/mol. The Morgan fingerprint density at radius 3 is 2.27 bits per heavy atom. The van der Waals surface area contributed by atoms with E-state index in [0.717, 1.165) is 12.8 Å². The first kappa shape index (κ1) is 12.2. The summed E-state index contributed by atoms with van der Waals surface area (Å²) in [6.07, 6.45) is 1.89. The smallest absolute Gasteiger partial charge is 0.0730 e. The van der Waals surface area contributed by atoms with Crippen LogP contribution in [0, 0.1) is 19.8 Å². The van der Waals surface area contributed by atoms with E-state index in [1.54, 1.807) is 0 Å². The fourth-order valence-electron chi connectivity index (χ4n) is 2.00. The van der Waals surface area contributed by atoms with E-state index in [9.17, 15) is 0 Å². The van der Waals surface area contributed by atoms with Gasteiger partial charge in [0.2, 0.25) is 0 Å². The Morgan fingerprint density at radius 2 is 1.80 bits per heavy atom. The molecule has 0 radical (unpaired) electrons. The van der Waals surface area contributed by atoms with Crippen molar-refractivity contribution in [3.63, 3.8) is 0 Å². The van der Waals surface area contributed by atoms with Crippen molar-refractivity contribution in [1.82, 2.24) is 0 Å². The highest BCUT2D eigenvalue weighted by molar-refractivity contribution is 7.80. The Labute approximate surface area is 97.7 Å². The monoisotopic (exact) mass is 221 g/mol. The summed E-state index contributed by atoms with van der Waals surface area (Å²) in [5.41, 5.74) is 9.58. The molecule has 1 rings (SSSR count). The first-order valence-corrected chi connectivity index (χ1v) is 5.73. The van der Waals surface area contributed by atoms with Gasteiger partial charge < -0.3 is 5.73 Å². The van der Waals surface area contributed by atoms with Crippen LogP contribution in [-0.4, -0.2) is 4.99 Å². The Kier molecular flexibility index (Phi) is 4.28. The van der Waals surface area contributed by atoms with Crippen LogP contribution in [0.25, 0.3) is 0 Å². The lowest BCUT2D eigenvalue weighted by Gasteiger charge is -2.11. The fourth-order valence-corrected chi connectivity index (χ4v) is 2.29. The summed E-state index contributed by atoms with van der Waals surface area (Å²) in [5.74, 6) is 0.531. The number of nitrogens with two attached hydrogens (primary N) is 1. The minimum Gasteiger partial charge on any atom is -0.393 e. The molecule has 1 nitrogen and oxygen atoms in total. The third kappa shape index (κ3) is 4.43. The highest BCUT2D eigenvalue weighted by atomic mass is 32.1. The van der Waals surface area contributed by atoms with Gasteiger partial charge in [-0.15, -0.1) is 0 Å². The number of thiocarbonyl (C=S) groups is 1. The second-order valence-corrected chi connectivity index (χ2v) is 5.00. The number of rotatable bonds is 4. The molecule has 2 heteroatoms. The first-order chi connectivity index (χ1) is 6.97. The average molecular weight is 221 g/mol. The second kappa shape index (κ2) is 5.26. The molecule has 0 spiro atoms. The Bertz CT molecular complexity index is 337. The third-order valence-corrected chi connectivity index (χ3v) is 2.58. The van der Waals surface area contributed by atoms with Gasteiger partial charge in [0.1, 0.15) is 0 Å². The maximum atomic E-state index is 5.54. The molecule has 0 aromatic heterocycles. The predicted octanol–water partition coefficient (Wildman–Crippen LogP) is 3.16. The SMILES string of the molecule is Cc1cc(C)cc(CC(C)CC(N)=S)c1. The van der Waals surface area contributed by atoms with Gasteiger partial charge in [0.15, 0.2) is 0 Å². The van der Waals surface area contributed by atoms with Crippen LogP contribution in [0.2, 0.25) is 0 Å². The molecule has 2 N–H and O–H groups in total. The van der Waals surface area contributed by atoms with Crippen LogP contribution in [0.3, 0.4) is 0 Å². The summed E-state index contributed by atoms with van der Waals surface area (Å²) in [7, 11) is 0. The van der Waals surface area contributed by atoms with Crippen LogP contribution in [0.5, 0.6) is 0 Å². The Morgan fingerprint density at radius 1 is 1.27 bits per heavy atom. The van der Waals surface area contributed by atoms with Gasteiger partial charge >= 0.3 is 0 Å².